The molecule has 2 aromatic carbocycles. The van der Waals surface area contributed by atoms with Crippen molar-refractivity contribution in [2.45, 2.75) is 4.90 Å². The van der Waals surface area contributed by atoms with Gasteiger partial charge in [-0.15, -0.1) is 0 Å². The van der Waals surface area contributed by atoms with E-state index in [-0.39, 0.29) is 17.2 Å². The summed E-state index contributed by atoms with van der Waals surface area (Å²) in [5.41, 5.74) is 0.815. The van der Waals surface area contributed by atoms with E-state index in [4.69, 9.17) is 4.74 Å². The first-order valence-electron chi connectivity index (χ1n) is 6.43. The standard InChI is InChI=1S/C15H12BrNO4S/c1-21-11-3-5-12(6-4-11)22(19,20)17-9-15(18)13-8-10(16)2-7-14(13)17/h2-8H,9H2,1H3. The number of anilines is 1. The van der Waals surface area contributed by atoms with E-state index in [1.54, 1.807) is 30.3 Å². The Balaban J connectivity index is 2.06. The number of hydrogen-bond donors (Lipinski definition) is 0. The predicted octanol–water partition coefficient (Wildman–Crippen LogP) is 2.85. The van der Waals surface area contributed by atoms with Crippen molar-refractivity contribution >= 4 is 37.4 Å². The maximum absolute atomic E-state index is 12.7. The minimum atomic E-state index is -3.78. The molecular formula is C15H12BrNO4S. The van der Waals surface area contributed by atoms with E-state index in [1.807, 2.05) is 0 Å². The van der Waals surface area contributed by atoms with Gasteiger partial charge in [-0.1, -0.05) is 15.9 Å². The minimum Gasteiger partial charge on any atom is -0.497 e. The third kappa shape index (κ3) is 2.40. The summed E-state index contributed by atoms with van der Waals surface area (Å²) in [6, 6.07) is 11.1. The highest BCUT2D eigenvalue weighted by Gasteiger charge is 2.35. The highest BCUT2D eigenvalue weighted by Crippen LogP contribution is 2.34. The molecule has 0 unspecified atom stereocenters. The van der Waals surface area contributed by atoms with E-state index >= 15 is 0 Å². The molecule has 1 heterocycles. The molecule has 2 aromatic rings. The molecule has 0 saturated carbocycles. The maximum atomic E-state index is 12.7. The molecule has 0 bridgehead atoms. The van der Waals surface area contributed by atoms with Crippen LogP contribution in [0.5, 0.6) is 5.75 Å². The van der Waals surface area contributed by atoms with Gasteiger partial charge in [-0.05, 0) is 42.5 Å². The van der Waals surface area contributed by atoms with Crippen LogP contribution in [0.15, 0.2) is 51.8 Å². The Labute approximate surface area is 136 Å². The highest BCUT2D eigenvalue weighted by molar-refractivity contribution is 9.10. The average Bonchev–Trinajstić information content (AvgIpc) is 2.85. The van der Waals surface area contributed by atoms with Gasteiger partial charge in [-0.25, -0.2) is 8.42 Å². The number of carbonyl (C=O) groups excluding carboxylic acids is 1. The lowest BCUT2D eigenvalue weighted by atomic mass is 10.1. The van der Waals surface area contributed by atoms with Gasteiger partial charge < -0.3 is 4.74 Å². The average molecular weight is 382 g/mol. The van der Waals surface area contributed by atoms with Crippen LogP contribution in [0.3, 0.4) is 0 Å². The largest absolute Gasteiger partial charge is 0.497 e. The fourth-order valence-corrected chi connectivity index (χ4v) is 4.14. The van der Waals surface area contributed by atoms with Gasteiger partial charge in [0.1, 0.15) is 5.75 Å². The molecule has 0 saturated heterocycles. The molecule has 0 fully saturated rings. The summed E-state index contributed by atoms with van der Waals surface area (Å²) < 4.78 is 32.4. The number of nitrogens with zero attached hydrogens (tertiary/aromatic N) is 1. The van der Waals surface area contributed by atoms with Crippen LogP contribution in [0.25, 0.3) is 0 Å². The number of ether oxygens (including phenoxy) is 1. The van der Waals surface area contributed by atoms with Crippen molar-refractivity contribution in [3.8, 4) is 5.75 Å². The quantitative estimate of drug-likeness (QED) is 0.819. The van der Waals surface area contributed by atoms with Crippen LogP contribution in [-0.2, 0) is 10.0 Å². The van der Waals surface area contributed by atoms with Crippen LogP contribution in [-0.4, -0.2) is 27.9 Å². The van der Waals surface area contributed by atoms with Gasteiger partial charge in [0, 0.05) is 10.0 Å². The number of fused-ring (bicyclic) bond motifs is 1. The van der Waals surface area contributed by atoms with Gasteiger partial charge in [0.05, 0.1) is 24.2 Å². The fraction of sp³-hybridized carbons (Fsp3) is 0.133. The number of methoxy groups -OCH3 is 1. The molecule has 3 rings (SSSR count). The van der Waals surface area contributed by atoms with Crippen molar-refractivity contribution in [1.82, 2.24) is 0 Å². The number of benzene rings is 2. The van der Waals surface area contributed by atoms with Gasteiger partial charge in [-0.3, -0.25) is 9.10 Å². The second-order valence-corrected chi connectivity index (χ2v) is 7.55. The molecular weight excluding hydrogens is 370 g/mol. The Kier molecular flexibility index (Phi) is 3.70. The SMILES string of the molecule is COc1ccc(S(=O)(=O)N2CC(=O)c3cc(Br)ccc32)cc1. The number of carbonyl (C=O) groups is 1. The first-order chi connectivity index (χ1) is 10.4. The lowest BCUT2D eigenvalue weighted by Gasteiger charge is -2.18. The van der Waals surface area contributed by atoms with Gasteiger partial charge in [0.2, 0.25) is 0 Å². The van der Waals surface area contributed by atoms with Crippen LogP contribution in [0.4, 0.5) is 5.69 Å². The molecule has 0 atom stereocenters. The molecule has 114 valence electrons. The molecule has 1 aliphatic rings. The maximum Gasteiger partial charge on any atom is 0.264 e. The molecule has 0 amide bonds. The topological polar surface area (TPSA) is 63.7 Å². The first-order valence-corrected chi connectivity index (χ1v) is 8.66. The van der Waals surface area contributed by atoms with Crippen LogP contribution >= 0.6 is 15.9 Å². The molecule has 0 aliphatic carbocycles. The molecule has 0 aromatic heterocycles. The third-order valence-corrected chi connectivity index (χ3v) is 5.73. The number of sulfonamides is 1. The lowest BCUT2D eigenvalue weighted by Crippen LogP contribution is -2.30. The van der Waals surface area contributed by atoms with Crippen molar-refractivity contribution in [2.75, 3.05) is 18.0 Å². The second kappa shape index (κ2) is 5.40. The number of Topliss-reactive ketones (excluding diaryl/α,β-unsaturated/α-hetero) is 1. The van der Waals surface area contributed by atoms with Crippen molar-refractivity contribution in [3.05, 3.63) is 52.5 Å². The Hall–Kier alpha value is -1.86. The summed E-state index contributed by atoms with van der Waals surface area (Å²) >= 11 is 3.29. The fourth-order valence-electron chi connectivity index (χ4n) is 2.34. The number of rotatable bonds is 3. The van der Waals surface area contributed by atoms with Gasteiger partial charge in [-0.2, -0.15) is 0 Å². The van der Waals surface area contributed by atoms with Crippen LogP contribution in [0.2, 0.25) is 0 Å². The number of hydrogen-bond acceptors (Lipinski definition) is 4. The minimum absolute atomic E-state index is 0.122. The van der Waals surface area contributed by atoms with Crippen LogP contribution in [0.1, 0.15) is 10.4 Å². The Morgan fingerprint density at radius 1 is 1.14 bits per heavy atom. The molecule has 7 heteroatoms. The van der Waals surface area contributed by atoms with Crippen molar-refractivity contribution in [2.24, 2.45) is 0 Å². The van der Waals surface area contributed by atoms with E-state index in [0.29, 0.717) is 17.0 Å². The van der Waals surface area contributed by atoms with E-state index in [1.165, 1.54) is 19.2 Å². The van der Waals surface area contributed by atoms with Crippen molar-refractivity contribution in [3.63, 3.8) is 0 Å². The lowest BCUT2D eigenvalue weighted by molar-refractivity contribution is 0.101. The summed E-state index contributed by atoms with van der Waals surface area (Å²) in [6.45, 7) is -0.180. The zero-order valence-corrected chi connectivity index (χ0v) is 14.0. The second-order valence-electron chi connectivity index (χ2n) is 4.77. The van der Waals surface area contributed by atoms with E-state index in [2.05, 4.69) is 15.9 Å². The smallest absolute Gasteiger partial charge is 0.264 e. The molecule has 0 radical (unpaired) electrons. The zero-order chi connectivity index (χ0) is 15.9. The van der Waals surface area contributed by atoms with Gasteiger partial charge in [0.15, 0.2) is 5.78 Å². The summed E-state index contributed by atoms with van der Waals surface area (Å²) in [5, 5.41) is 0. The summed E-state index contributed by atoms with van der Waals surface area (Å²) in [7, 11) is -2.27. The summed E-state index contributed by atoms with van der Waals surface area (Å²) in [6.07, 6.45) is 0. The van der Waals surface area contributed by atoms with E-state index in [0.717, 1.165) is 8.78 Å². The van der Waals surface area contributed by atoms with Crippen molar-refractivity contribution < 1.29 is 17.9 Å². The predicted molar refractivity (Wildman–Crippen MR) is 86.0 cm³/mol. The first kappa shape index (κ1) is 15.1. The molecule has 0 N–H and O–H groups in total. The third-order valence-electron chi connectivity index (χ3n) is 3.46. The molecule has 1 aliphatic heterocycles. The Bertz CT molecular complexity index is 846. The number of halogens is 1. The van der Waals surface area contributed by atoms with Crippen LogP contribution < -0.4 is 9.04 Å². The highest BCUT2D eigenvalue weighted by atomic mass is 79.9. The van der Waals surface area contributed by atoms with Gasteiger partial charge in [0.25, 0.3) is 10.0 Å². The van der Waals surface area contributed by atoms with Crippen molar-refractivity contribution in [1.29, 1.82) is 0 Å². The Morgan fingerprint density at radius 3 is 2.45 bits per heavy atom. The summed E-state index contributed by atoms with van der Waals surface area (Å²) in [4.78, 5) is 12.2. The molecule has 5 nitrogen and oxygen atoms in total. The van der Waals surface area contributed by atoms with E-state index in [9.17, 15) is 13.2 Å². The molecule has 0 spiro atoms. The normalized spacial score (nSPS) is 14.1. The monoisotopic (exact) mass is 381 g/mol. The van der Waals surface area contributed by atoms with Crippen LogP contribution in [0, 0.1) is 0 Å². The van der Waals surface area contributed by atoms with Gasteiger partial charge >= 0.3 is 0 Å². The Morgan fingerprint density at radius 2 is 1.82 bits per heavy atom. The van der Waals surface area contributed by atoms with E-state index < -0.39 is 10.0 Å². The molecule has 22 heavy (non-hydrogen) atoms. The summed E-state index contributed by atoms with van der Waals surface area (Å²) in [5.74, 6) is 0.356. The number of ketones is 1. The zero-order valence-electron chi connectivity index (χ0n) is 11.6.